The zero-order valence-corrected chi connectivity index (χ0v) is 9.35. The van der Waals surface area contributed by atoms with Gasteiger partial charge in [0.15, 0.2) is 0 Å². The Morgan fingerprint density at radius 3 is 3.00 bits per heavy atom. The number of halogens is 2. The summed E-state index contributed by atoms with van der Waals surface area (Å²) in [5.41, 5.74) is 0.679. The van der Waals surface area contributed by atoms with Crippen LogP contribution in [0.5, 0.6) is 0 Å². The predicted molar refractivity (Wildman–Crippen MR) is 56.4 cm³/mol. The third-order valence-electron chi connectivity index (χ3n) is 2.59. The van der Waals surface area contributed by atoms with Gasteiger partial charge in [0.2, 0.25) is 0 Å². The van der Waals surface area contributed by atoms with Gasteiger partial charge in [0.25, 0.3) is 0 Å². The molecule has 1 fully saturated rings. The lowest BCUT2D eigenvalue weighted by atomic mass is 9.93. The molecule has 0 saturated heterocycles. The Morgan fingerprint density at radius 2 is 2.36 bits per heavy atom. The molecule has 0 atom stereocenters. The molecule has 1 saturated carbocycles. The fourth-order valence-corrected chi connectivity index (χ4v) is 1.83. The van der Waals surface area contributed by atoms with Gasteiger partial charge in [0.1, 0.15) is 10.4 Å². The third-order valence-corrected chi connectivity index (χ3v) is 3.02. The number of aromatic nitrogens is 1. The highest BCUT2D eigenvalue weighted by molar-refractivity contribution is 9.10. The van der Waals surface area contributed by atoms with Gasteiger partial charge >= 0.3 is 0 Å². The van der Waals surface area contributed by atoms with Crippen molar-refractivity contribution in [3.63, 3.8) is 0 Å². The predicted octanol–water partition coefficient (Wildman–Crippen LogP) is 2.63. The van der Waals surface area contributed by atoms with Crippen LogP contribution in [0.2, 0.25) is 0 Å². The standard InChI is InChI=1S/C10H12BrFN2/c11-10-4-7(9(12)6-14-10)5-13-8-2-1-3-8/h4,6,8,13H,1-3,5H2. The molecule has 0 bridgehead atoms. The molecule has 1 aliphatic rings. The zero-order valence-electron chi connectivity index (χ0n) is 7.76. The molecule has 0 radical (unpaired) electrons. The Labute approximate surface area is 91.1 Å². The summed E-state index contributed by atoms with van der Waals surface area (Å²) in [6, 6.07) is 2.31. The van der Waals surface area contributed by atoms with Crippen LogP contribution in [-0.4, -0.2) is 11.0 Å². The van der Waals surface area contributed by atoms with Crippen molar-refractivity contribution in [1.29, 1.82) is 0 Å². The molecule has 4 heteroatoms. The molecule has 1 aromatic rings. The zero-order chi connectivity index (χ0) is 9.97. The normalized spacial score (nSPS) is 16.7. The van der Waals surface area contributed by atoms with Crippen LogP contribution >= 0.6 is 15.9 Å². The Balaban J connectivity index is 1.96. The first-order valence-electron chi connectivity index (χ1n) is 4.79. The minimum Gasteiger partial charge on any atom is -0.310 e. The quantitative estimate of drug-likeness (QED) is 0.844. The minimum absolute atomic E-state index is 0.236. The van der Waals surface area contributed by atoms with Crippen LogP contribution in [0.15, 0.2) is 16.9 Å². The van der Waals surface area contributed by atoms with Crippen molar-refractivity contribution in [1.82, 2.24) is 10.3 Å². The summed E-state index contributed by atoms with van der Waals surface area (Å²) >= 11 is 3.23. The maximum atomic E-state index is 13.2. The summed E-state index contributed by atoms with van der Waals surface area (Å²) in [6.45, 7) is 0.595. The molecule has 76 valence electrons. The topological polar surface area (TPSA) is 24.9 Å². The Morgan fingerprint density at radius 1 is 1.57 bits per heavy atom. The summed E-state index contributed by atoms with van der Waals surface area (Å²) in [7, 11) is 0. The lowest BCUT2D eigenvalue weighted by Gasteiger charge is -2.26. The maximum Gasteiger partial charge on any atom is 0.146 e. The molecule has 0 spiro atoms. The maximum absolute atomic E-state index is 13.2. The van der Waals surface area contributed by atoms with E-state index in [0.29, 0.717) is 22.8 Å². The average molecular weight is 259 g/mol. The van der Waals surface area contributed by atoms with Crippen LogP contribution in [0.25, 0.3) is 0 Å². The van der Waals surface area contributed by atoms with Gasteiger partial charge in [-0.05, 0) is 34.8 Å². The molecule has 14 heavy (non-hydrogen) atoms. The Hall–Kier alpha value is -0.480. The highest BCUT2D eigenvalue weighted by Crippen LogP contribution is 2.19. The summed E-state index contributed by atoms with van der Waals surface area (Å²) in [5.74, 6) is -0.236. The molecule has 2 rings (SSSR count). The molecule has 0 aliphatic heterocycles. The van der Waals surface area contributed by atoms with Crippen LogP contribution in [0.3, 0.4) is 0 Å². The van der Waals surface area contributed by atoms with Gasteiger partial charge in [-0.3, -0.25) is 0 Å². The first-order chi connectivity index (χ1) is 6.75. The van der Waals surface area contributed by atoms with Crippen LogP contribution in [0.4, 0.5) is 4.39 Å². The van der Waals surface area contributed by atoms with E-state index in [1.807, 2.05) is 0 Å². The van der Waals surface area contributed by atoms with E-state index in [0.717, 1.165) is 0 Å². The molecule has 0 aromatic carbocycles. The Kier molecular flexibility index (Phi) is 3.13. The second-order valence-corrected chi connectivity index (χ2v) is 4.42. The summed E-state index contributed by atoms with van der Waals surface area (Å²) in [6.07, 6.45) is 4.98. The van der Waals surface area contributed by atoms with E-state index in [1.165, 1.54) is 25.5 Å². The smallest absolute Gasteiger partial charge is 0.146 e. The molecule has 1 N–H and O–H groups in total. The Bertz CT molecular complexity index is 326. The van der Waals surface area contributed by atoms with Crippen molar-refractivity contribution in [2.45, 2.75) is 31.8 Å². The number of pyridine rings is 1. The molecule has 0 unspecified atom stereocenters. The molecular weight excluding hydrogens is 247 g/mol. The molecule has 1 heterocycles. The third kappa shape index (κ3) is 2.30. The summed E-state index contributed by atoms with van der Waals surface area (Å²) in [5, 5.41) is 3.31. The van der Waals surface area contributed by atoms with Crippen molar-refractivity contribution in [2.24, 2.45) is 0 Å². The van der Waals surface area contributed by atoms with Crippen molar-refractivity contribution in [3.8, 4) is 0 Å². The van der Waals surface area contributed by atoms with Gasteiger partial charge in [-0.25, -0.2) is 9.37 Å². The highest BCUT2D eigenvalue weighted by atomic mass is 79.9. The van der Waals surface area contributed by atoms with E-state index in [9.17, 15) is 4.39 Å². The van der Waals surface area contributed by atoms with Gasteiger partial charge in [0, 0.05) is 18.2 Å². The molecule has 1 aromatic heterocycles. The van der Waals surface area contributed by atoms with Gasteiger partial charge in [0.05, 0.1) is 6.20 Å². The average Bonchev–Trinajstić information content (AvgIpc) is 2.08. The van der Waals surface area contributed by atoms with Gasteiger partial charge in [-0.1, -0.05) is 6.42 Å². The van der Waals surface area contributed by atoms with Gasteiger partial charge in [-0.15, -0.1) is 0 Å². The number of nitrogens with one attached hydrogen (secondary N) is 1. The van der Waals surface area contributed by atoms with Crippen molar-refractivity contribution in [3.05, 3.63) is 28.2 Å². The first-order valence-corrected chi connectivity index (χ1v) is 5.58. The van der Waals surface area contributed by atoms with Gasteiger partial charge in [-0.2, -0.15) is 0 Å². The van der Waals surface area contributed by atoms with E-state index in [2.05, 4.69) is 26.2 Å². The molecule has 1 aliphatic carbocycles. The monoisotopic (exact) mass is 258 g/mol. The van der Waals surface area contributed by atoms with E-state index < -0.39 is 0 Å². The summed E-state index contributed by atoms with van der Waals surface area (Å²) in [4.78, 5) is 3.81. The van der Waals surface area contributed by atoms with Crippen LogP contribution < -0.4 is 5.32 Å². The second kappa shape index (κ2) is 4.36. The first kappa shape index (κ1) is 10.1. The van der Waals surface area contributed by atoms with E-state index in [1.54, 1.807) is 6.07 Å². The fraction of sp³-hybridized carbons (Fsp3) is 0.500. The fourth-order valence-electron chi connectivity index (χ4n) is 1.45. The van der Waals surface area contributed by atoms with Crippen LogP contribution in [0, 0.1) is 5.82 Å². The second-order valence-electron chi connectivity index (χ2n) is 3.61. The molecule has 0 amide bonds. The van der Waals surface area contributed by atoms with E-state index >= 15 is 0 Å². The number of nitrogens with zero attached hydrogens (tertiary/aromatic N) is 1. The minimum atomic E-state index is -0.236. The van der Waals surface area contributed by atoms with Crippen LogP contribution in [-0.2, 0) is 6.54 Å². The molecule has 2 nitrogen and oxygen atoms in total. The number of hydrogen-bond donors (Lipinski definition) is 1. The lowest BCUT2D eigenvalue weighted by Crippen LogP contribution is -2.34. The highest BCUT2D eigenvalue weighted by Gasteiger charge is 2.16. The lowest BCUT2D eigenvalue weighted by molar-refractivity contribution is 0.336. The summed E-state index contributed by atoms with van der Waals surface area (Å²) < 4.78 is 13.9. The van der Waals surface area contributed by atoms with Crippen molar-refractivity contribution in [2.75, 3.05) is 0 Å². The SMILES string of the molecule is Fc1cnc(Br)cc1CNC1CCC1. The van der Waals surface area contributed by atoms with E-state index in [-0.39, 0.29) is 5.82 Å². The van der Waals surface area contributed by atoms with Crippen molar-refractivity contribution < 1.29 is 4.39 Å². The number of hydrogen-bond acceptors (Lipinski definition) is 2. The van der Waals surface area contributed by atoms with Gasteiger partial charge < -0.3 is 5.32 Å². The number of rotatable bonds is 3. The van der Waals surface area contributed by atoms with Crippen molar-refractivity contribution >= 4 is 15.9 Å². The van der Waals surface area contributed by atoms with E-state index in [4.69, 9.17) is 0 Å². The largest absolute Gasteiger partial charge is 0.310 e. The van der Waals surface area contributed by atoms with Crippen LogP contribution in [0.1, 0.15) is 24.8 Å². The molecular formula is C10H12BrFN2.